The summed E-state index contributed by atoms with van der Waals surface area (Å²) in [5.74, 6) is 0. The monoisotopic (exact) mass is 538 g/mol. The van der Waals surface area contributed by atoms with E-state index in [1.54, 1.807) is 0 Å². The summed E-state index contributed by atoms with van der Waals surface area (Å²) < 4.78 is 0. The van der Waals surface area contributed by atoms with E-state index < -0.39 is 20.7 Å². The van der Waals surface area contributed by atoms with Crippen molar-refractivity contribution in [3.05, 3.63) is 121 Å². The molecule has 0 saturated carbocycles. The third kappa shape index (κ3) is 5.31. The average Bonchev–Trinajstić information content (AvgIpc) is 2.82. The maximum absolute atomic E-state index is 6.97. The number of hydrogen-bond acceptors (Lipinski definition) is 0. The maximum Gasteiger partial charge on any atom is 0.122 e. The molecule has 4 aromatic rings. The first-order valence-corrected chi connectivity index (χ1v) is 13.8. The van der Waals surface area contributed by atoms with Gasteiger partial charge in [0.05, 0.1) is 4.90 Å². The SMILES string of the molecule is CC(C(Cl)Cl)(P(c1ccccc1)c1ccccc1)P(c1ccccc1)c1ccccc1.[Ni]. The quantitative estimate of drug-likeness (QED) is 0.138. The van der Waals surface area contributed by atoms with Gasteiger partial charge in [0, 0.05) is 16.5 Å². The number of halogens is 2. The van der Waals surface area contributed by atoms with E-state index in [4.69, 9.17) is 23.2 Å². The Hall–Kier alpha value is -1.19. The molecule has 0 nitrogen and oxygen atoms in total. The fourth-order valence-electron chi connectivity index (χ4n) is 3.95. The van der Waals surface area contributed by atoms with E-state index in [0.717, 1.165) is 0 Å². The van der Waals surface area contributed by atoms with Crippen LogP contribution in [0.5, 0.6) is 0 Å². The summed E-state index contributed by atoms with van der Waals surface area (Å²) in [6, 6.07) is 42.9. The second-order valence-electron chi connectivity index (χ2n) is 7.41. The van der Waals surface area contributed by atoms with E-state index in [-0.39, 0.29) is 21.4 Å². The molecule has 0 aromatic heterocycles. The molecule has 0 amide bonds. The van der Waals surface area contributed by atoms with Crippen molar-refractivity contribution in [2.24, 2.45) is 0 Å². The first-order chi connectivity index (χ1) is 15.1. The summed E-state index contributed by atoms with van der Waals surface area (Å²) >= 11 is 13.9. The van der Waals surface area contributed by atoms with E-state index in [0.29, 0.717) is 0 Å². The molecule has 0 radical (unpaired) electrons. The van der Waals surface area contributed by atoms with E-state index in [9.17, 15) is 0 Å². The molecule has 4 rings (SSSR count). The minimum absolute atomic E-state index is 0. The zero-order valence-corrected chi connectivity index (χ0v) is 21.9. The maximum atomic E-state index is 6.97. The molecule has 166 valence electrons. The largest absolute Gasteiger partial charge is 0.122 e. The molecule has 0 spiro atoms. The van der Waals surface area contributed by atoms with Gasteiger partial charge in [-0.25, -0.2) is 0 Å². The van der Waals surface area contributed by atoms with Gasteiger partial charge in [0.2, 0.25) is 0 Å². The minimum Gasteiger partial charge on any atom is -0.104 e. The van der Waals surface area contributed by atoms with E-state index in [2.05, 4.69) is 128 Å². The predicted octanol–water partition coefficient (Wildman–Crippen LogP) is 6.77. The van der Waals surface area contributed by atoms with E-state index >= 15 is 0 Å². The van der Waals surface area contributed by atoms with Crippen LogP contribution in [0.1, 0.15) is 6.92 Å². The molecule has 5 heteroatoms. The molecule has 0 aliphatic carbocycles. The minimum atomic E-state index is -0.857. The molecule has 0 unspecified atom stereocenters. The van der Waals surface area contributed by atoms with Crippen LogP contribution in [-0.4, -0.2) is 9.73 Å². The summed E-state index contributed by atoms with van der Waals surface area (Å²) in [5, 5.41) is 5.16. The average molecular weight is 540 g/mol. The van der Waals surface area contributed by atoms with Crippen LogP contribution in [0.15, 0.2) is 121 Å². The normalized spacial score (nSPS) is 11.6. The fourth-order valence-corrected chi connectivity index (χ4v) is 12.3. The first kappa shape index (κ1) is 25.4. The molecule has 0 fully saturated rings. The molecule has 0 N–H and O–H groups in total. The van der Waals surface area contributed by atoms with Crippen LogP contribution < -0.4 is 21.2 Å². The number of benzene rings is 4. The fraction of sp³-hybridized carbons (Fsp3) is 0.111. The van der Waals surface area contributed by atoms with Gasteiger partial charge in [-0.15, -0.1) is 23.2 Å². The van der Waals surface area contributed by atoms with Gasteiger partial charge in [0.15, 0.2) is 0 Å². The van der Waals surface area contributed by atoms with Crippen molar-refractivity contribution in [3.8, 4) is 0 Å². The van der Waals surface area contributed by atoms with Crippen molar-refractivity contribution < 1.29 is 16.5 Å². The summed E-state index contributed by atoms with van der Waals surface area (Å²) in [4.78, 5) is -0.940. The van der Waals surface area contributed by atoms with Gasteiger partial charge >= 0.3 is 0 Å². The molecular formula is C27H24Cl2NiP2. The molecule has 32 heavy (non-hydrogen) atoms. The molecule has 0 atom stereocenters. The third-order valence-corrected chi connectivity index (χ3v) is 13.6. The Morgan fingerprint density at radius 1 is 0.500 bits per heavy atom. The first-order valence-electron chi connectivity index (χ1n) is 10.2. The number of rotatable bonds is 7. The second kappa shape index (κ2) is 11.8. The standard InChI is InChI=1S/C27H24Cl2P2.Ni/c1-27(26(28)29,30(22-14-6-2-7-15-22)23-16-8-3-9-17-23)31(24-18-10-4-11-19-24)25-20-12-5-13-21-25;/h2-21,26H,1H3;. The van der Waals surface area contributed by atoms with Crippen molar-refractivity contribution in [3.63, 3.8) is 0 Å². The summed E-state index contributed by atoms with van der Waals surface area (Å²) in [6.07, 6.45) is 0. The zero-order valence-electron chi connectivity index (χ0n) is 17.6. The smallest absolute Gasteiger partial charge is 0.104 e. The van der Waals surface area contributed by atoms with Gasteiger partial charge in [-0.05, 0) is 44.0 Å². The molecule has 4 aromatic carbocycles. The van der Waals surface area contributed by atoms with Crippen LogP contribution >= 0.6 is 39.0 Å². The van der Waals surface area contributed by atoms with Gasteiger partial charge in [-0.2, -0.15) is 0 Å². The van der Waals surface area contributed by atoms with Crippen LogP contribution in [0, 0.1) is 0 Å². The van der Waals surface area contributed by atoms with Crippen LogP contribution in [0.4, 0.5) is 0 Å². The topological polar surface area (TPSA) is 0 Å². The Labute approximate surface area is 213 Å². The van der Waals surface area contributed by atoms with Crippen LogP contribution in [0.25, 0.3) is 0 Å². The number of hydrogen-bond donors (Lipinski definition) is 0. The van der Waals surface area contributed by atoms with Crippen LogP contribution in [-0.2, 0) is 16.5 Å². The molecule has 0 saturated heterocycles. The molecule has 0 aliphatic rings. The van der Waals surface area contributed by atoms with Crippen molar-refractivity contribution >= 4 is 60.3 Å². The van der Waals surface area contributed by atoms with Crippen molar-refractivity contribution in [1.82, 2.24) is 0 Å². The Morgan fingerprint density at radius 2 is 0.719 bits per heavy atom. The van der Waals surface area contributed by atoms with Gasteiger partial charge in [0.1, 0.15) is 4.84 Å². The van der Waals surface area contributed by atoms with E-state index in [1.807, 2.05) is 0 Å². The van der Waals surface area contributed by atoms with Gasteiger partial charge in [-0.3, -0.25) is 0 Å². The Kier molecular flexibility index (Phi) is 9.37. The Bertz CT molecular complexity index is 916. The molecule has 0 bridgehead atoms. The van der Waals surface area contributed by atoms with Gasteiger partial charge < -0.3 is 0 Å². The Morgan fingerprint density at radius 3 is 0.906 bits per heavy atom. The van der Waals surface area contributed by atoms with E-state index in [1.165, 1.54) is 21.2 Å². The zero-order chi connectivity index (χ0) is 21.7. The van der Waals surface area contributed by atoms with Crippen molar-refractivity contribution in [2.75, 3.05) is 0 Å². The van der Waals surface area contributed by atoms with Crippen LogP contribution in [0.2, 0.25) is 0 Å². The van der Waals surface area contributed by atoms with Crippen LogP contribution in [0.3, 0.4) is 0 Å². The van der Waals surface area contributed by atoms with Gasteiger partial charge in [-0.1, -0.05) is 121 Å². The Balaban J connectivity index is 0.00000289. The van der Waals surface area contributed by atoms with Crippen molar-refractivity contribution in [2.45, 2.75) is 16.7 Å². The molecular weight excluding hydrogens is 516 g/mol. The molecule has 0 heterocycles. The third-order valence-electron chi connectivity index (χ3n) is 5.38. The molecule has 0 aliphatic heterocycles. The summed E-state index contributed by atoms with van der Waals surface area (Å²) in [5.41, 5.74) is 0. The summed E-state index contributed by atoms with van der Waals surface area (Å²) in [7, 11) is -1.71. The predicted molar refractivity (Wildman–Crippen MR) is 142 cm³/mol. The van der Waals surface area contributed by atoms with Crippen molar-refractivity contribution in [1.29, 1.82) is 0 Å². The summed E-state index contributed by atoms with van der Waals surface area (Å²) in [6.45, 7) is 2.29. The second-order valence-corrected chi connectivity index (χ2v) is 14.1. The number of alkyl halides is 2. The van der Waals surface area contributed by atoms with Gasteiger partial charge in [0.25, 0.3) is 0 Å².